The lowest BCUT2D eigenvalue weighted by atomic mass is 10.0. The summed E-state index contributed by atoms with van der Waals surface area (Å²) in [6, 6.07) is 0. The first-order valence-electron chi connectivity index (χ1n) is 25.2. The Morgan fingerprint density at radius 3 is 1.12 bits per heavy atom. The molecule has 0 bridgehead atoms. The zero-order valence-electron chi connectivity index (χ0n) is 38.6. The second-order valence-electron chi connectivity index (χ2n) is 16.9. The number of unbranched alkanes of at least 4 members (excludes halogenated alkanes) is 30. The molecule has 1 N–H and O–H groups in total. The Kier molecular flexibility index (Phi) is 47.4. The van der Waals surface area contributed by atoms with Crippen molar-refractivity contribution in [2.24, 2.45) is 0 Å². The second kappa shape index (κ2) is 49.2. The van der Waals surface area contributed by atoms with E-state index in [4.69, 9.17) is 9.47 Å². The third-order valence-corrected chi connectivity index (χ3v) is 11.1. The van der Waals surface area contributed by atoms with Crippen LogP contribution in [0.15, 0.2) is 48.6 Å². The number of aliphatic hydroxyl groups is 1. The summed E-state index contributed by atoms with van der Waals surface area (Å²) in [6.45, 7) is 4.01. The highest BCUT2D eigenvalue weighted by molar-refractivity contribution is 5.70. The average molecular weight is 813 g/mol. The van der Waals surface area contributed by atoms with Crippen LogP contribution in [0.3, 0.4) is 0 Å². The summed E-state index contributed by atoms with van der Waals surface area (Å²) in [5.74, 6) is -0.631. The number of ether oxygens (including phenoxy) is 2. The molecule has 5 nitrogen and oxygen atoms in total. The van der Waals surface area contributed by atoms with E-state index in [0.29, 0.717) is 12.8 Å². The summed E-state index contributed by atoms with van der Waals surface area (Å²) in [6.07, 6.45) is 63.7. The van der Waals surface area contributed by atoms with E-state index in [2.05, 4.69) is 62.5 Å². The summed E-state index contributed by atoms with van der Waals surface area (Å²) in [5.41, 5.74) is 0. The van der Waals surface area contributed by atoms with Gasteiger partial charge in [-0.2, -0.15) is 0 Å². The Morgan fingerprint density at radius 1 is 0.414 bits per heavy atom. The van der Waals surface area contributed by atoms with Gasteiger partial charge in [0.2, 0.25) is 0 Å². The van der Waals surface area contributed by atoms with Crippen LogP contribution in [-0.4, -0.2) is 36.4 Å². The molecule has 1 unspecified atom stereocenters. The van der Waals surface area contributed by atoms with Crippen LogP contribution in [0.1, 0.15) is 258 Å². The Balaban J connectivity index is 3.45. The highest BCUT2D eigenvalue weighted by atomic mass is 16.6. The van der Waals surface area contributed by atoms with Crippen LogP contribution in [0.4, 0.5) is 0 Å². The highest BCUT2D eigenvalue weighted by Crippen LogP contribution is 2.17. The van der Waals surface area contributed by atoms with Gasteiger partial charge >= 0.3 is 11.9 Å². The predicted molar refractivity (Wildman–Crippen MR) is 251 cm³/mol. The Morgan fingerprint density at radius 2 is 0.741 bits per heavy atom. The molecular weight excluding hydrogens is 717 g/mol. The lowest BCUT2D eigenvalue weighted by molar-refractivity contribution is -0.161. The van der Waals surface area contributed by atoms with Gasteiger partial charge in [0.25, 0.3) is 0 Å². The molecule has 0 saturated carbocycles. The van der Waals surface area contributed by atoms with Crippen molar-refractivity contribution >= 4 is 11.9 Å². The van der Waals surface area contributed by atoms with E-state index in [-0.39, 0.29) is 25.2 Å². The maximum atomic E-state index is 12.2. The van der Waals surface area contributed by atoms with Gasteiger partial charge in [0, 0.05) is 12.8 Å². The van der Waals surface area contributed by atoms with E-state index in [0.717, 1.165) is 64.2 Å². The van der Waals surface area contributed by atoms with Crippen molar-refractivity contribution in [2.45, 2.75) is 264 Å². The quantitative estimate of drug-likeness (QED) is 0.0376. The van der Waals surface area contributed by atoms with Crippen LogP contribution >= 0.6 is 0 Å². The second-order valence-corrected chi connectivity index (χ2v) is 16.9. The van der Waals surface area contributed by atoms with Crippen LogP contribution < -0.4 is 0 Å². The molecule has 0 aliphatic carbocycles. The van der Waals surface area contributed by atoms with E-state index in [1.807, 2.05) is 0 Å². The van der Waals surface area contributed by atoms with Crippen LogP contribution in [0, 0.1) is 0 Å². The standard InChI is InChI=1S/C53H96O5/c1-3-5-7-9-11-13-15-17-19-20-21-22-23-24-25-26-27-28-29-30-31-32-34-35-37-39-41-43-45-47-52(55)57-50-51(49-54)58-53(56)48-46-44-42-40-38-36-33-18-16-14-12-10-8-6-4-2/h6,8,12,14,18,33,38,40,51,54H,3-5,7,9-11,13,15-17,19-32,34-37,39,41-50H2,1-2H3/b8-6-,14-12-,33-18-,40-38-. The molecular formula is C53H96O5. The molecule has 58 heavy (non-hydrogen) atoms. The third kappa shape index (κ3) is 46.5. The fourth-order valence-corrected chi connectivity index (χ4v) is 7.37. The van der Waals surface area contributed by atoms with Crippen molar-refractivity contribution in [3.8, 4) is 0 Å². The maximum absolute atomic E-state index is 12.2. The highest BCUT2D eigenvalue weighted by Gasteiger charge is 2.16. The molecule has 0 fully saturated rings. The lowest BCUT2D eigenvalue weighted by Crippen LogP contribution is -2.28. The van der Waals surface area contributed by atoms with Crippen LogP contribution in [0.2, 0.25) is 0 Å². The summed E-state index contributed by atoms with van der Waals surface area (Å²) in [4.78, 5) is 24.4. The molecule has 0 saturated heterocycles. The molecule has 0 amide bonds. The number of esters is 2. The molecule has 0 aromatic heterocycles. The van der Waals surface area contributed by atoms with Crippen molar-refractivity contribution in [3.63, 3.8) is 0 Å². The fourth-order valence-electron chi connectivity index (χ4n) is 7.37. The number of allylic oxidation sites excluding steroid dienone is 8. The van der Waals surface area contributed by atoms with Gasteiger partial charge in [0.05, 0.1) is 6.61 Å². The number of aliphatic hydroxyl groups excluding tert-OH is 1. The molecule has 0 spiro atoms. The minimum atomic E-state index is -0.792. The minimum absolute atomic E-state index is 0.0808. The van der Waals surface area contributed by atoms with Gasteiger partial charge in [0.15, 0.2) is 6.10 Å². The molecule has 0 radical (unpaired) electrons. The van der Waals surface area contributed by atoms with Crippen molar-refractivity contribution in [3.05, 3.63) is 48.6 Å². The number of rotatable bonds is 46. The Hall–Kier alpha value is -2.14. The molecule has 0 rings (SSSR count). The average Bonchev–Trinajstić information content (AvgIpc) is 3.23. The van der Waals surface area contributed by atoms with Crippen molar-refractivity contribution in [1.29, 1.82) is 0 Å². The van der Waals surface area contributed by atoms with Gasteiger partial charge in [-0.25, -0.2) is 0 Å². The fraction of sp³-hybridized carbons (Fsp3) is 0.811. The van der Waals surface area contributed by atoms with Crippen molar-refractivity contribution in [2.75, 3.05) is 13.2 Å². The van der Waals surface area contributed by atoms with Gasteiger partial charge in [0.1, 0.15) is 6.61 Å². The number of hydrogen-bond donors (Lipinski definition) is 1. The molecule has 0 aromatic carbocycles. The monoisotopic (exact) mass is 813 g/mol. The normalized spacial score (nSPS) is 12.5. The van der Waals surface area contributed by atoms with Crippen molar-refractivity contribution < 1.29 is 24.2 Å². The van der Waals surface area contributed by atoms with Gasteiger partial charge in [-0.1, -0.05) is 242 Å². The Labute approximate surface area is 360 Å². The zero-order chi connectivity index (χ0) is 42.1. The van der Waals surface area contributed by atoms with E-state index >= 15 is 0 Å². The van der Waals surface area contributed by atoms with Crippen LogP contribution in [-0.2, 0) is 19.1 Å². The van der Waals surface area contributed by atoms with Crippen molar-refractivity contribution in [1.82, 2.24) is 0 Å². The molecule has 0 aromatic rings. The van der Waals surface area contributed by atoms with E-state index in [1.54, 1.807) is 0 Å². The number of carbonyl (C=O) groups excluding carboxylic acids is 2. The summed E-state index contributed by atoms with van der Waals surface area (Å²) in [7, 11) is 0. The first-order valence-corrected chi connectivity index (χ1v) is 25.2. The van der Waals surface area contributed by atoms with E-state index in [1.165, 1.54) is 167 Å². The van der Waals surface area contributed by atoms with Gasteiger partial charge < -0.3 is 14.6 Å². The number of hydrogen-bond acceptors (Lipinski definition) is 5. The molecule has 0 aliphatic heterocycles. The maximum Gasteiger partial charge on any atom is 0.306 e. The minimum Gasteiger partial charge on any atom is -0.462 e. The van der Waals surface area contributed by atoms with Gasteiger partial charge in [-0.15, -0.1) is 0 Å². The van der Waals surface area contributed by atoms with E-state index in [9.17, 15) is 14.7 Å². The third-order valence-electron chi connectivity index (χ3n) is 11.1. The Bertz CT molecular complexity index is 966. The summed E-state index contributed by atoms with van der Waals surface area (Å²) < 4.78 is 10.6. The smallest absolute Gasteiger partial charge is 0.306 e. The van der Waals surface area contributed by atoms with Gasteiger partial charge in [-0.3, -0.25) is 9.59 Å². The number of carbonyl (C=O) groups is 2. The molecule has 0 heterocycles. The first-order chi connectivity index (χ1) is 28.6. The summed E-state index contributed by atoms with van der Waals surface area (Å²) in [5, 5.41) is 9.59. The topological polar surface area (TPSA) is 72.8 Å². The predicted octanol–water partition coefficient (Wildman–Crippen LogP) is 16.5. The van der Waals surface area contributed by atoms with Crippen LogP contribution in [0.25, 0.3) is 0 Å². The summed E-state index contributed by atoms with van der Waals surface area (Å²) >= 11 is 0. The molecule has 5 heteroatoms. The largest absolute Gasteiger partial charge is 0.462 e. The first kappa shape index (κ1) is 55.9. The lowest BCUT2D eigenvalue weighted by Gasteiger charge is -2.15. The molecule has 338 valence electrons. The molecule has 0 aliphatic rings. The SMILES string of the molecule is CC/C=C\C/C=C\C/C=C\C/C=C\CCCCC(=O)OC(CO)COC(=O)CCCCCCCCCCCCCCCCCCCCCCCCCCCCCCC. The molecule has 1 atom stereocenters. The van der Waals surface area contributed by atoms with Gasteiger partial charge in [-0.05, 0) is 51.4 Å². The zero-order valence-corrected chi connectivity index (χ0v) is 38.6. The van der Waals surface area contributed by atoms with E-state index < -0.39 is 6.10 Å². The van der Waals surface area contributed by atoms with Crippen LogP contribution in [0.5, 0.6) is 0 Å².